The Morgan fingerprint density at radius 1 is 1.17 bits per heavy atom. The van der Waals surface area contributed by atoms with E-state index in [-0.39, 0.29) is 22.6 Å². The summed E-state index contributed by atoms with van der Waals surface area (Å²) in [5, 5.41) is 12.7. The fourth-order valence-electron chi connectivity index (χ4n) is 2.51. The molecule has 29 heavy (non-hydrogen) atoms. The number of hydrogen-bond acceptors (Lipinski definition) is 4. The molecule has 1 aromatic heterocycles. The fourth-order valence-corrected chi connectivity index (χ4v) is 2.87. The quantitative estimate of drug-likeness (QED) is 0.544. The molecule has 0 bridgehead atoms. The van der Waals surface area contributed by atoms with Crippen molar-refractivity contribution in [2.24, 2.45) is 0 Å². The second-order valence-corrected chi connectivity index (χ2v) is 6.79. The van der Waals surface area contributed by atoms with Crippen molar-refractivity contribution in [3.05, 3.63) is 76.0 Å². The van der Waals surface area contributed by atoms with Gasteiger partial charge in [-0.05, 0) is 36.4 Å². The maximum atomic E-state index is 12.9. The number of carbonyl (C=O) groups excluding carboxylic acids is 1. The number of ketones is 1. The molecule has 0 saturated carbocycles. The second-order valence-electron chi connectivity index (χ2n) is 5.87. The van der Waals surface area contributed by atoms with Gasteiger partial charge < -0.3 is 9.84 Å². The van der Waals surface area contributed by atoms with Crippen molar-refractivity contribution in [2.75, 3.05) is 6.61 Å². The van der Waals surface area contributed by atoms with E-state index in [1.54, 1.807) is 6.07 Å². The standard InChI is InChI=1S/C19H12BrF3N2O4/c20-13-4-5-16(29-10-17(26)27)15(7-13)18(28)11-8-24-25(9-11)14-3-1-2-12(6-14)19(21,22)23/h1-9H,10H2,(H,26,27). The van der Waals surface area contributed by atoms with E-state index in [4.69, 9.17) is 9.84 Å². The van der Waals surface area contributed by atoms with Crippen LogP contribution in [0.15, 0.2) is 59.3 Å². The number of carboxylic acids is 1. The minimum atomic E-state index is -4.51. The summed E-state index contributed by atoms with van der Waals surface area (Å²) in [5.41, 5.74) is -0.518. The average Bonchev–Trinajstić information content (AvgIpc) is 3.16. The normalized spacial score (nSPS) is 11.3. The Hall–Kier alpha value is -3.14. The predicted octanol–water partition coefficient (Wildman–Crippen LogP) is 4.35. The van der Waals surface area contributed by atoms with E-state index in [0.717, 1.165) is 16.8 Å². The maximum Gasteiger partial charge on any atom is 0.416 e. The van der Waals surface area contributed by atoms with Crippen molar-refractivity contribution in [1.29, 1.82) is 0 Å². The van der Waals surface area contributed by atoms with Crippen molar-refractivity contribution in [3.63, 3.8) is 0 Å². The van der Waals surface area contributed by atoms with Gasteiger partial charge in [-0.2, -0.15) is 18.3 Å². The molecule has 0 unspecified atom stereocenters. The number of carboxylic acid groups (broad SMARTS) is 1. The molecule has 6 nitrogen and oxygen atoms in total. The molecule has 0 saturated heterocycles. The first kappa shape index (κ1) is 20.6. The molecule has 0 radical (unpaired) electrons. The summed E-state index contributed by atoms with van der Waals surface area (Å²) in [6.45, 7) is -0.634. The number of nitrogens with zero attached hydrogens (tertiary/aromatic N) is 2. The van der Waals surface area contributed by atoms with E-state index in [2.05, 4.69) is 21.0 Å². The number of ether oxygens (including phenoxy) is 1. The summed E-state index contributed by atoms with van der Waals surface area (Å²) in [4.78, 5) is 23.6. The number of benzene rings is 2. The second kappa shape index (κ2) is 8.08. The largest absolute Gasteiger partial charge is 0.481 e. The first-order valence-corrected chi connectivity index (χ1v) is 8.85. The predicted molar refractivity (Wildman–Crippen MR) is 99.3 cm³/mol. The van der Waals surface area contributed by atoms with Gasteiger partial charge in [-0.3, -0.25) is 4.79 Å². The number of aliphatic carboxylic acids is 1. The van der Waals surface area contributed by atoms with Crippen LogP contribution in [-0.2, 0) is 11.0 Å². The summed E-state index contributed by atoms with van der Waals surface area (Å²) < 4.78 is 45.6. The van der Waals surface area contributed by atoms with Crippen LogP contribution in [0, 0.1) is 0 Å². The lowest BCUT2D eigenvalue weighted by molar-refractivity contribution is -0.139. The zero-order chi connectivity index (χ0) is 21.2. The molecular formula is C19H12BrF3N2O4. The van der Waals surface area contributed by atoms with E-state index in [9.17, 15) is 22.8 Å². The number of halogens is 4. The molecule has 1 heterocycles. The smallest absolute Gasteiger partial charge is 0.416 e. The molecule has 0 aliphatic heterocycles. The lowest BCUT2D eigenvalue weighted by Crippen LogP contribution is -2.12. The van der Waals surface area contributed by atoms with Crippen LogP contribution in [0.25, 0.3) is 5.69 Å². The van der Waals surface area contributed by atoms with E-state index >= 15 is 0 Å². The SMILES string of the molecule is O=C(O)COc1ccc(Br)cc1C(=O)c1cnn(-c2cccc(C(F)(F)F)c2)c1. The maximum absolute atomic E-state index is 12.9. The van der Waals surface area contributed by atoms with Gasteiger partial charge in [-0.15, -0.1) is 0 Å². The summed E-state index contributed by atoms with van der Waals surface area (Å²) in [5.74, 6) is -1.67. The van der Waals surface area contributed by atoms with Gasteiger partial charge in [0, 0.05) is 10.7 Å². The monoisotopic (exact) mass is 468 g/mol. The number of carbonyl (C=O) groups is 2. The van der Waals surface area contributed by atoms with Gasteiger partial charge in [-0.1, -0.05) is 22.0 Å². The Labute approximate surface area is 170 Å². The van der Waals surface area contributed by atoms with Crippen LogP contribution in [0.5, 0.6) is 5.75 Å². The van der Waals surface area contributed by atoms with Gasteiger partial charge in [0.15, 0.2) is 12.4 Å². The van der Waals surface area contributed by atoms with Crippen LogP contribution >= 0.6 is 15.9 Å². The molecule has 1 N–H and O–H groups in total. The molecule has 0 amide bonds. The van der Waals surface area contributed by atoms with Gasteiger partial charge in [0.2, 0.25) is 0 Å². The lowest BCUT2D eigenvalue weighted by atomic mass is 10.1. The van der Waals surface area contributed by atoms with Gasteiger partial charge in [0.25, 0.3) is 0 Å². The highest BCUT2D eigenvalue weighted by molar-refractivity contribution is 9.10. The van der Waals surface area contributed by atoms with Crippen LogP contribution in [-0.4, -0.2) is 33.2 Å². The van der Waals surface area contributed by atoms with Crippen LogP contribution in [0.2, 0.25) is 0 Å². The van der Waals surface area contributed by atoms with Gasteiger partial charge >= 0.3 is 12.1 Å². The Morgan fingerprint density at radius 2 is 1.93 bits per heavy atom. The zero-order valence-corrected chi connectivity index (χ0v) is 16.1. The Kier molecular flexibility index (Phi) is 5.73. The molecule has 0 fully saturated rings. The van der Waals surface area contributed by atoms with Crippen molar-refractivity contribution in [3.8, 4) is 11.4 Å². The Balaban J connectivity index is 1.92. The van der Waals surface area contributed by atoms with E-state index in [0.29, 0.717) is 4.47 Å². The molecule has 150 valence electrons. The highest BCUT2D eigenvalue weighted by atomic mass is 79.9. The Bertz CT molecular complexity index is 1080. The third-order valence-electron chi connectivity index (χ3n) is 3.82. The summed E-state index contributed by atoms with van der Waals surface area (Å²) in [6, 6.07) is 9.01. The molecule has 3 aromatic rings. The number of rotatable bonds is 6. The topological polar surface area (TPSA) is 81.4 Å². The molecular weight excluding hydrogens is 457 g/mol. The first-order valence-electron chi connectivity index (χ1n) is 8.06. The molecule has 3 rings (SSSR count). The van der Waals surface area contributed by atoms with E-state index in [1.807, 2.05) is 0 Å². The van der Waals surface area contributed by atoms with Crippen LogP contribution in [0.3, 0.4) is 0 Å². The molecule has 10 heteroatoms. The minimum Gasteiger partial charge on any atom is -0.481 e. The van der Waals surface area contributed by atoms with Gasteiger partial charge in [0.05, 0.1) is 28.6 Å². The number of hydrogen-bond donors (Lipinski definition) is 1. The average molecular weight is 469 g/mol. The van der Waals surface area contributed by atoms with Crippen LogP contribution in [0.4, 0.5) is 13.2 Å². The minimum absolute atomic E-state index is 0.0624. The summed E-state index contributed by atoms with van der Waals surface area (Å²) >= 11 is 3.23. The number of aromatic nitrogens is 2. The molecule has 0 aliphatic rings. The van der Waals surface area contributed by atoms with Crippen LogP contribution in [0.1, 0.15) is 21.5 Å². The van der Waals surface area contributed by atoms with Crippen LogP contribution < -0.4 is 4.74 Å². The van der Waals surface area contributed by atoms with E-state index < -0.39 is 30.1 Å². The molecule has 0 aliphatic carbocycles. The molecule has 0 spiro atoms. The van der Waals surface area contributed by atoms with Crippen molar-refractivity contribution in [1.82, 2.24) is 9.78 Å². The number of alkyl halides is 3. The molecule has 0 atom stereocenters. The highest BCUT2D eigenvalue weighted by Crippen LogP contribution is 2.30. The van der Waals surface area contributed by atoms with Crippen molar-refractivity contribution < 1.29 is 32.6 Å². The first-order chi connectivity index (χ1) is 13.6. The van der Waals surface area contributed by atoms with Crippen molar-refractivity contribution in [2.45, 2.75) is 6.18 Å². The molecule has 2 aromatic carbocycles. The zero-order valence-electron chi connectivity index (χ0n) is 14.5. The van der Waals surface area contributed by atoms with E-state index in [1.165, 1.54) is 36.7 Å². The summed E-state index contributed by atoms with van der Waals surface area (Å²) in [6.07, 6.45) is -2.00. The third kappa shape index (κ3) is 4.83. The summed E-state index contributed by atoms with van der Waals surface area (Å²) in [7, 11) is 0. The van der Waals surface area contributed by atoms with Gasteiger partial charge in [-0.25, -0.2) is 9.48 Å². The Morgan fingerprint density at radius 3 is 2.62 bits per heavy atom. The highest BCUT2D eigenvalue weighted by Gasteiger charge is 2.30. The van der Waals surface area contributed by atoms with Gasteiger partial charge in [0.1, 0.15) is 5.75 Å². The third-order valence-corrected chi connectivity index (χ3v) is 4.31. The lowest BCUT2D eigenvalue weighted by Gasteiger charge is -2.09. The fraction of sp³-hybridized carbons (Fsp3) is 0.105. The van der Waals surface area contributed by atoms with Crippen molar-refractivity contribution >= 4 is 27.7 Å².